The first-order valence-corrected chi connectivity index (χ1v) is 5.08. The molecular weight excluding hydrogens is 132 g/mol. The Labute approximate surface area is 43.2 Å². The Kier molecular flexibility index (Phi) is 1.56. The highest BCUT2D eigenvalue weighted by Gasteiger charge is 2.20. The molecule has 0 amide bonds. The zero-order valence-electron chi connectivity index (χ0n) is 3.51. The Bertz CT molecular complexity index is 38.5. The number of hydrogen-bond acceptors (Lipinski definition) is 3. The largest absolute Gasteiger partial charge is 0.454 e. The van der Waals surface area contributed by atoms with Crippen molar-refractivity contribution in [3.63, 3.8) is 0 Å². The number of rotatable bonds is 1. The maximum absolute atomic E-state index is 4.95. The fourth-order valence-electron chi connectivity index (χ4n) is 0.260. The standard InChI is InChI=1S/H6O3Si3/c4-1-6-2-5-3-6/h6H,5H2,4H3. The molecule has 0 radical (unpaired) electrons. The SMILES string of the molecule is [SiH3]O[SiH]1O[SiH2]O1. The van der Waals surface area contributed by atoms with Crippen LogP contribution in [-0.4, -0.2) is 30.0 Å². The van der Waals surface area contributed by atoms with E-state index in [4.69, 9.17) is 12.3 Å². The van der Waals surface area contributed by atoms with Crippen molar-refractivity contribution >= 4 is 30.0 Å². The lowest BCUT2D eigenvalue weighted by atomic mass is 15.6. The minimum Gasteiger partial charge on any atom is -0.428 e. The maximum atomic E-state index is 4.95. The molecule has 0 aliphatic carbocycles. The van der Waals surface area contributed by atoms with Crippen LogP contribution in [0.5, 0.6) is 0 Å². The van der Waals surface area contributed by atoms with Gasteiger partial charge in [-0.1, -0.05) is 0 Å². The average Bonchev–Trinajstić information content (AvgIpc) is 1.31. The first kappa shape index (κ1) is 4.68. The molecule has 6 heteroatoms. The first-order chi connectivity index (χ1) is 2.93. The molecule has 0 bridgehead atoms. The molecule has 1 fully saturated rings. The Morgan fingerprint density at radius 1 is 1.67 bits per heavy atom. The molecule has 0 aromatic rings. The molecule has 0 spiro atoms. The second kappa shape index (κ2) is 2.00. The van der Waals surface area contributed by atoms with E-state index in [1.54, 1.807) is 0 Å². The quantitative estimate of drug-likeness (QED) is 0.363. The van der Waals surface area contributed by atoms with Gasteiger partial charge in [0.2, 0.25) is 0 Å². The van der Waals surface area contributed by atoms with Gasteiger partial charge in [-0.05, 0) is 0 Å². The van der Waals surface area contributed by atoms with Gasteiger partial charge in [0.1, 0.15) is 10.5 Å². The fraction of sp³-hybridized carbons (Fsp3) is 0. The molecule has 36 valence electrons. The first-order valence-electron chi connectivity index (χ1n) is 1.69. The lowest BCUT2D eigenvalue weighted by molar-refractivity contribution is 0.230. The average molecular weight is 138 g/mol. The molecule has 3 nitrogen and oxygen atoms in total. The Morgan fingerprint density at radius 3 is 2.33 bits per heavy atom. The van der Waals surface area contributed by atoms with Crippen LogP contribution in [0, 0.1) is 0 Å². The van der Waals surface area contributed by atoms with Crippen LogP contribution < -0.4 is 0 Å². The summed E-state index contributed by atoms with van der Waals surface area (Å²) in [5.41, 5.74) is 0. The lowest BCUT2D eigenvalue weighted by Crippen LogP contribution is -2.40. The zero-order valence-corrected chi connectivity index (χ0v) is 8.08. The van der Waals surface area contributed by atoms with Gasteiger partial charge in [-0.3, -0.25) is 0 Å². The highest BCUT2D eigenvalue weighted by atomic mass is 28.5. The normalized spacial score (nSPS) is 37.0. The van der Waals surface area contributed by atoms with Crippen LogP contribution in [0.25, 0.3) is 0 Å². The van der Waals surface area contributed by atoms with Crippen molar-refractivity contribution in [1.82, 2.24) is 0 Å². The van der Waals surface area contributed by atoms with Crippen molar-refractivity contribution in [2.75, 3.05) is 0 Å². The Hall–Kier alpha value is 0.531. The third-order valence-corrected chi connectivity index (χ3v) is 5.41. The summed E-state index contributed by atoms with van der Waals surface area (Å²) in [7, 11) is -1.08. The van der Waals surface area contributed by atoms with Gasteiger partial charge in [-0.25, -0.2) is 0 Å². The van der Waals surface area contributed by atoms with Crippen LogP contribution >= 0.6 is 0 Å². The van der Waals surface area contributed by atoms with E-state index < -0.39 is 19.5 Å². The summed E-state index contributed by atoms with van der Waals surface area (Å²) in [6.07, 6.45) is 0. The van der Waals surface area contributed by atoms with Gasteiger partial charge in [0.15, 0.2) is 0 Å². The fourth-order valence-corrected chi connectivity index (χ4v) is 4.79. The smallest absolute Gasteiger partial charge is 0.428 e. The second-order valence-electron chi connectivity index (χ2n) is 0.976. The second-order valence-corrected chi connectivity index (χ2v) is 6.34. The van der Waals surface area contributed by atoms with Crippen LogP contribution in [-0.2, 0) is 12.3 Å². The van der Waals surface area contributed by atoms with E-state index >= 15 is 0 Å². The van der Waals surface area contributed by atoms with E-state index in [0.717, 1.165) is 10.5 Å². The van der Waals surface area contributed by atoms with Gasteiger partial charge in [-0.15, -0.1) is 0 Å². The lowest BCUT2D eigenvalue weighted by Gasteiger charge is -2.22. The molecular formula is H6O3Si3. The Balaban J connectivity index is 2.01. The molecule has 0 saturated carbocycles. The van der Waals surface area contributed by atoms with Gasteiger partial charge in [-0.2, -0.15) is 0 Å². The van der Waals surface area contributed by atoms with Crippen molar-refractivity contribution in [3.8, 4) is 0 Å². The van der Waals surface area contributed by atoms with Crippen molar-refractivity contribution < 1.29 is 12.3 Å². The summed E-state index contributed by atoms with van der Waals surface area (Å²) in [4.78, 5) is 0. The van der Waals surface area contributed by atoms with Crippen molar-refractivity contribution in [2.24, 2.45) is 0 Å². The molecule has 6 heavy (non-hydrogen) atoms. The maximum Gasteiger partial charge on any atom is 0.454 e. The molecule has 0 N–H and O–H groups in total. The van der Waals surface area contributed by atoms with E-state index in [1.165, 1.54) is 0 Å². The van der Waals surface area contributed by atoms with Gasteiger partial charge in [0, 0.05) is 0 Å². The van der Waals surface area contributed by atoms with Crippen molar-refractivity contribution in [1.29, 1.82) is 0 Å². The predicted molar refractivity (Wildman–Crippen MR) is 28.9 cm³/mol. The topological polar surface area (TPSA) is 27.7 Å². The van der Waals surface area contributed by atoms with Gasteiger partial charge in [0.25, 0.3) is 10.0 Å². The van der Waals surface area contributed by atoms with Gasteiger partial charge in [0.05, 0.1) is 0 Å². The monoisotopic (exact) mass is 138 g/mol. The highest BCUT2D eigenvalue weighted by molar-refractivity contribution is 6.61. The van der Waals surface area contributed by atoms with E-state index in [0.29, 0.717) is 0 Å². The Morgan fingerprint density at radius 2 is 2.33 bits per heavy atom. The zero-order chi connectivity index (χ0) is 4.41. The molecule has 1 saturated heterocycles. The van der Waals surface area contributed by atoms with Crippen LogP contribution in [0.4, 0.5) is 0 Å². The van der Waals surface area contributed by atoms with Crippen molar-refractivity contribution in [3.05, 3.63) is 0 Å². The van der Waals surface area contributed by atoms with Crippen LogP contribution in [0.3, 0.4) is 0 Å². The molecule has 0 aromatic heterocycles. The molecule has 1 heterocycles. The summed E-state index contributed by atoms with van der Waals surface area (Å²) < 4.78 is 14.7. The third kappa shape index (κ3) is 0.776. The highest BCUT2D eigenvalue weighted by Crippen LogP contribution is 1.96. The summed E-state index contributed by atoms with van der Waals surface area (Å²) in [6.45, 7) is 0. The molecule has 1 aliphatic rings. The molecule has 0 aromatic carbocycles. The molecule has 0 atom stereocenters. The van der Waals surface area contributed by atoms with E-state index in [2.05, 4.69) is 0 Å². The van der Waals surface area contributed by atoms with Crippen LogP contribution in [0.1, 0.15) is 0 Å². The minimum absolute atomic E-state index is 0.495. The minimum atomic E-state index is -1.36. The summed E-state index contributed by atoms with van der Waals surface area (Å²) in [5, 5.41) is 0. The predicted octanol–water partition coefficient (Wildman–Crippen LogP) is -2.95. The van der Waals surface area contributed by atoms with Crippen molar-refractivity contribution in [2.45, 2.75) is 0 Å². The van der Waals surface area contributed by atoms with Crippen LogP contribution in [0.2, 0.25) is 0 Å². The number of hydrogen-bond donors (Lipinski definition) is 0. The van der Waals surface area contributed by atoms with E-state index in [1.807, 2.05) is 0 Å². The third-order valence-electron chi connectivity index (χ3n) is 0.601. The summed E-state index contributed by atoms with van der Waals surface area (Å²) in [6, 6.07) is 0. The molecule has 1 rings (SSSR count). The van der Waals surface area contributed by atoms with Gasteiger partial charge < -0.3 is 12.3 Å². The van der Waals surface area contributed by atoms with Gasteiger partial charge >= 0.3 is 9.53 Å². The molecule has 1 aliphatic heterocycles. The molecule has 0 unspecified atom stereocenters. The summed E-state index contributed by atoms with van der Waals surface area (Å²) in [5.74, 6) is 0. The van der Waals surface area contributed by atoms with E-state index in [9.17, 15) is 0 Å². The summed E-state index contributed by atoms with van der Waals surface area (Å²) >= 11 is 0. The van der Waals surface area contributed by atoms with E-state index in [-0.39, 0.29) is 0 Å². The van der Waals surface area contributed by atoms with Crippen LogP contribution in [0.15, 0.2) is 0 Å².